The first kappa shape index (κ1) is 22.9. The fourth-order valence-corrected chi connectivity index (χ4v) is 3.51. The molecule has 2 aromatic rings. The number of ether oxygens (including phenoxy) is 2. The number of hydrogen-bond acceptors (Lipinski definition) is 5. The molecular formula is C24H34N2O3. The van der Waals surface area contributed by atoms with E-state index in [1.54, 1.807) is 6.92 Å². The molecule has 0 amide bonds. The molecule has 0 radical (unpaired) electrons. The summed E-state index contributed by atoms with van der Waals surface area (Å²) in [4.78, 5) is 0. The van der Waals surface area contributed by atoms with Crippen LogP contribution in [0.3, 0.4) is 0 Å². The smallest absolute Gasteiger partial charge is 0.177 e. The van der Waals surface area contributed by atoms with E-state index in [2.05, 4.69) is 10.2 Å². The van der Waals surface area contributed by atoms with Gasteiger partial charge in [-0.1, -0.05) is 36.4 Å². The SMILES string of the molecule is CC(CC(C)(C)Oc1ccccc1)N=NC(C)(O)CC(C)(C)Oc1ccccc1. The van der Waals surface area contributed by atoms with Crippen LogP contribution in [0.5, 0.6) is 11.5 Å². The van der Waals surface area contributed by atoms with Gasteiger partial charge in [-0.15, -0.1) is 0 Å². The zero-order valence-electron chi connectivity index (χ0n) is 18.4. The van der Waals surface area contributed by atoms with Gasteiger partial charge in [0.15, 0.2) is 5.72 Å². The average Bonchev–Trinajstić information content (AvgIpc) is 2.59. The van der Waals surface area contributed by atoms with E-state index >= 15 is 0 Å². The third kappa shape index (κ3) is 8.65. The highest BCUT2D eigenvalue weighted by molar-refractivity contribution is 5.22. The van der Waals surface area contributed by atoms with Crippen LogP contribution in [0.4, 0.5) is 0 Å². The summed E-state index contributed by atoms with van der Waals surface area (Å²) < 4.78 is 12.1. The number of aliphatic hydroxyl groups is 1. The molecule has 29 heavy (non-hydrogen) atoms. The number of hydrogen-bond donors (Lipinski definition) is 1. The summed E-state index contributed by atoms with van der Waals surface area (Å²) in [6.07, 6.45) is 0.987. The lowest BCUT2D eigenvalue weighted by molar-refractivity contribution is -0.0228. The van der Waals surface area contributed by atoms with Crippen LogP contribution in [-0.4, -0.2) is 28.1 Å². The van der Waals surface area contributed by atoms with E-state index < -0.39 is 16.9 Å². The van der Waals surface area contributed by atoms with E-state index in [-0.39, 0.29) is 6.04 Å². The van der Waals surface area contributed by atoms with E-state index in [1.165, 1.54) is 0 Å². The molecule has 0 spiro atoms. The molecule has 0 heterocycles. The zero-order valence-corrected chi connectivity index (χ0v) is 18.4. The second kappa shape index (κ2) is 9.40. The largest absolute Gasteiger partial charge is 0.488 e. The lowest BCUT2D eigenvalue weighted by Crippen LogP contribution is -2.38. The first-order chi connectivity index (χ1) is 13.5. The molecule has 0 aromatic heterocycles. The molecule has 0 aliphatic carbocycles. The minimum Gasteiger partial charge on any atom is -0.488 e. The highest BCUT2D eigenvalue weighted by Gasteiger charge is 2.33. The van der Waals surface area contributed by atoms with Crippen LogP contribution in [0, 0.1) is 0 Å². The maximum absolute atomic E-state index is 10.7. The lowest BCUT2D eigenvalue weighted by atomic mass is 9.97. The molecule has 1 N–H and O–H groups in total. The minimum atomic E-state index is -1.32. The van der Waals surface area contributed by atoms with Gasteiger partial charge < -0.3 is 14.6 Å². The summed E-state index contributed by atoms with van der Waals surface area (Å²) in [5.74, 6) is 1.59. The fourth-order valence-electron chi connectivity index (χ4n) is 3.51. The first-order valence-corrected chi connectivity index (χ1v) is 10.1. The van der Waals surface area contributed by atoms with Crippen LogP contribution in [0.2, 0.25) is 0 Å². The van der Waals surface area contributed by atoms with Crippen LogP contribution in [0.15, 0.2) is 70.9 Å². The Balaban J connectivity index is 1.92. The lowest BCUT2D eigenvalue weighted by Gasteiger charge is -2.32. The first-order valence-electron chi connectivity index (χ1n) is 10.1. The second-order valence-electron chi connectivity index (χ2n) is 9.01. The summed E-state index contributed by atoms with van der Waals surface area (Å²) in [6, 6.07) is 19.2. The Hall–Kier alpha value is -2.40. The molecule has 158 valence electrons. The zero-order chi connectivity index (χ0) is 21.5. The predicted octanol–water partition coefficient (Wildman–Crippen LogP) is 6.03. The topological polar surface area (TPSA) is 63.4 Å². The Morgan fingerprint density at radius 1 is 0.793 bits per heavy atom. The van der Waals surface area contributed by atoms with E-state index in [0.717, 1.165) is 11.5 Å². The standard InChI is InChI=1S/C24H34N2O3/c1-19(17-22(2,3)28-20-13-9-7-10-14-20)25-26-24(6,27)18-23(4,5)29-21-15-11-8-12-16-21/h7-16,19,27H,17-18H2,1-6H3. The van der Waals surface area contributed by atoms with Crippen LogP contribution in [-0.2, 0) is 0 Å². The third-order valence-corrected chi connectivity index (χ3v) is 4.29. The summed E-state index contributed by atoms with van der Waals surface area (Å²) >= 11 is 0. The van der Waals surface area contributed by atoms with Crippen LogP contribution >= 0.6 is 0 Å². The minimum absolute atomic E-state index is 0.0988. The van der Waals surface area contributed by atoms with Crippen molar-refractivity contribution in [2.75, 3.05) is 0 Å². The van der Waals surface area contributed by atoms with Crippen LogP contribution in [0.25, 0.3) is 0 Å². The van der Waals surface area contributed by atoms with Gasteiger partial charge in [0, 0.05) is 12.8 Å². The molecule has 0 bridgehead atoms. The molecule has 2 rings (SSSR count). The van der Waals surface area contributed by atoms with Gasteiger partial charge in [-0.05, 0) is 65.8 Å². The molecule has 0 aliphatic rings. The molecule has 5 heteroatoms. The van der Waals surface area contributed by atoms with Crippen molar-refractivity contribution in [1.82, 2.24) is 0 Å². The van der Waals surface area contributed by atoms with Crippen LogP contribution < -0.4 is 9.47 Å². The highest BCUT2D eigenvalue weighted by Crippen LogP contribution is 2.28. The van der Waals surface area contributed by atoms with Gasteiger partial charge in [0.1, 0.15) is 22.7 Å². The molecule has 2 unspecified atom stereocenters. The number of para-hydroxylation sites is 2. The van der Waals surface area contributed by atoms with Crippen molar-refractivity contribution >= 4 is 0 Å². The Morgan fingerprint density at radius 2 is 1.24 bits per heavy atom. The quantitative estimate of drug-likeness (QED) is 0.497. The number of benzene rings is 2. The van der Waals surface area contributed by atoms with Crippen LogP contribution in [0.1, 0.15) is 54.4 Å². The van der Waals surface area contributed by atoms with Gasteiger partial charge in [-0.3, -0.25) is 0 Å². The molecule has 5 nitrogen and oxygen atoms in total. The molecule has 2 aromatic carbocycles. The predicted molar refractivity (Wildman–Crippen MR) is 116 cm³/mol. The van der Waals surface area contributed by atoms with Gasteiger partial charge in [0.25, 0.3) is 0 Å². The molecule has 0 aliphatic heterocycles. The summed E-state index contributed by atoms with van der Waals surface area (Å²) in [7, 11) is 0. The summed E-state index contributed by atoms with van der Waals surface area (Å²) in [5, 5.41) is 19.3. The van der Waals surface area contributed by atoms with E-state index in [4.69, 9.17) is 9.47 Å². The van der Waals surface area contributed by atoms with Crippen molar-refractivity contribution < 1.29 is 14.6 Å². The van der Waals surface area contributed by atoms with E-state index in [1.807, 2.05) is 95.3 Å². The molecule has 2 atom stereocenters. The summed E-state index contributed by atoms with van der Waals surface area (Å²) in [5.41, 5.74) is -2.32. The van der Waals surface area contributed by atoms with Gasteiger partial charge in [-0.2, -0.15) is 10.2 Å². The van der Waals surface area contributed by atoms with Crippen molar-refractivity contribution in [3.05, 3.63) is 60.7 Å². The number of azo groups is 1. The Bertz CT molecular complexity index is 771. The van der Waals surface area contributed by atoms with Gasteiger partial charge >= 0.3 is 0 Å². The second-order valence-corrected chi connectivity index (χ2v) is 9.01. The molecule has 0 fully saturated rings. The number of rotatable bonds is 10. The molecule has 0 saturated carbocycles. The third-order valence-electron chi connectivity index (χ3n) is 4.29. The van der Waals surface area contributed by atoms with Crippen molar-refractivity contribution in [2.24, 2.45) is 10.2 Å². The van der Waals surface area contributed by atoms with Gasteiger partial charge in [0.05, 0.1) is 6.04 Å². The van der Waals surface area contributed by atoms with Gasteiger partial charge in [0.2, 0.25) is 0 Å². The monoisotopic (exact) mass is 398 g/mol. The fraction of sp³-hybridized carbons (Fsp3) is 0.500. The van der Waals surface area contributed by atoms with Crippen molar-refractivity contribution in [3.63, 3.8) is 0 Å². The molecule has 0 saturated heterocycles. The maximum atomic E-state index is 10.7. The summed E-state index contributed by atoms with van der Waals surface area (Å²) in [6.45, 7) is 11.6. The number of nitrogens with zero attached hydrogens (tertiary/aromatic N) is 2. The van der Waals surface area contributed by atoms with Gasteiger partial charge in [-0.25, -0.2) is 0 Å². The normalized spacial score (nSPS) is 15.7. The Labute approximate surface area is 174 Å². The maximum Gasteiger partial charge on any atom is 0.177 e. The van der Waals surface area contributed by atoms with Crippen molar-refractivity contribution in [2.45, 2.75) is 77.4 Å². The van der Waals surface area contributed by atoms with E-state index in [9.17, 15) is 5.11 Å². The average molecular weight is 399 g/mol. The highest BCUT2D eigenvalue weighted by atomic mass is 16.5. The Morgan fingerprint density at radius 3 is 1.72 bits per heavy atom. The van der Waals surface area contributed by atoms with Crippen molar-refractivity contribution in [3.8, 4) is 11.5 Å². The Kier molecular flexibility index (Phi) is 7.42. The van der Waals surface area contributed by atoms with Crippen molar-refractivity contribution in [1.29, 1.82) is 0 Å². The molecular weight excluding hydrogens is 364 g/mol. The van der Waals surface area contributed by atoms with E-state index in [0.29, 0.717) is 12.8 Å².